The summed E-state index contributed by atoms with van der Waals surface area (Å²) in [7, 11) is 0. The second-order valence-electron chi connectivity index (χ2n) is 7.17. The molecule has 8 heteroatoms. The number of carbonyl (C=O) groups is 1. The molecular weight excluding hydrogens is 408 g/mol. The zero-order chi connectivity index (χ0) is 22.1. The summed E-state index contributed by atoms with van der Waals surface area (Å²) in [6.07, 6.45) is 4.25. The van der Waals surface area contributed by atoms with Gasteiger partial charge in [-0.2, -0.15) is 0 Å². The van der Waals surface area contributed by atoms with E-state index >= 15 is 0 Å². The highest BCUT2D eigenvalue weighted by Crippen LogP contribution is 2.34. The lowest BCUT2D eigenvalue weighted by atomic mass is 10.1. The highest BCUT2D eigenvalue weighted by atomic mass is 19.1. The first-order chi connectivity index (χ1) is 15.1. The van der Waals surface area contributed by atoms with Crippen LogP contribution in [0.3, 0.4) is 0 Å². The molecule has 2 heterocycles. The maximum atomic E-state index is 14.6. The molecule has 3 rings (SSSR count). The molecule has 1 aliphatic heterocycles. The molecule has 31 heavy (non-hydrogen) atoms. The maximum Gasteiger partial charge on any atom is 0.305 e. The molecule has 0 aliphatic carbocycles. The minimum absolute atomic E-state index is 0.0469. The van der Waals surface area contributed by atoms with Crippen molar-refractivity contribution in [2.24, 2.45) is 0 Å². The lowest BCUT2D eigenvalue weighted by Gasteiger charge is -2.23. The van der Waals surface area contributed by atoms with Gasteiger partial charge in [0.25, 0.3) is 0 Å². The highest BCUT2D eigenvalue weighted by molar-refractivity contribution is 5.69. The second kappa shape index (κ2) is 11.6. The summed E-state index contributed by atoms with van der Waals surface area (Å²) in [6, 6.07) is 5.83. The SMILES string of the molecule is CCOC(=O)CCCCOc1c(F)cc(-c2cccnc2OC2CCOCC2)cc1F. The van der Waals surface area contributed by atoms with Gasteiger partial charge in [-0.05, 0) is 49.6 Å². The molecule has 0 saturated carbocycles. The number of hydrogen-bond acceptors (Lipinski definition) is 6. The van der Waals surface area contributed by atoms with E-state index in [1.807, 2.05) is 0 Å². The molecule has 0 unspecified atom stereocenters. The van der Waals surface area contributed by atoms with Gasteiger partial charge in [-0.1, -0.05) is 0 Å². The van der Waals surface area contributed by atoms with E-state index in [4.69, 9.17) is 18.9 Å². The van der Waals surface area contributed by atoms with E-state index in [0.29, 0.717) is 49.7 Å². The Hall–Kier alpha value is -2.74. The first-order valence-electron chi connectivity index (χ1n) is 10.6. The first kappa shape index (κ1) is 22.9. The Kier molecular flexibility index (Phi) is 8.58. The van der Waals surface area contributed by atoms with Crippen LogP contribution < -0.4 is 9.47 Å². The summed E-state index contributed by atoms with van der Waals surface area (Å²) >= 11 is 0. The number of ether oxygens (including phenoxy) is 4. The molecule has 2 aromatic rings. The zero-order valence-corrected chi connectivity index (χ0v) is 17.6. The van der Waals surface area contributed by atoms with Crippen LogP contribution in [0.1, 0.15) is 39.0 Å². The lowest BCUT2D eigenvalue weighted by Crippen LogP contribution is -2.26. The van der Waals surface area contributed by atoms with Gasteiger partial charge in [-0.15, -0.1) is 0 Å². The number of nitrogens with zero attached hydrogens (tertiary/aromatic N) is 1. The third-order valence-corrected chi connectivity index (χ3v) is 4.85. The number of benzene rings is 1. The van der Waals surface area contributed by atoms with E-state index in [1.165, 1.54) is 12.1 Å². The van der Waals surface area contributed by atoms with Crippen molar-refractivity contribution in [3.8, 4) is 22.8 Å². The fraction of sp³-hybridized carbons (Fsp3) is 0.478. The van der Waals surface area contributed by atoms with Crippen molar-refractivity contribution in [1.82, 2.24) is 4.98 Å². The van der Waals surface area contributed by atoms with E-state index in [1.54, 1.807) is 25.3 Å². The molecule has 0 bridgehead atoms. The number of aromatic nitrogens is 1. The predicted molar refractivity (Wildman–Crippen MR) is 110 cm³/mol. The van der Waals surface area contributed by atoms with Crippen LogP contribution in [0, 0.1) is 11.6 Å². The van der Waals surface area contributed by atoms with Crippen LogP contribution in [0.5, 0.6) is 11.6 Å². The summed E-state index contributed by atoms with van der Waals surface area (Å²) in [5.41, 5.74) is 0.826. The third kappa shape index (κ3) is 6.62. The Morgan fingerprint density at radius 3 is 2.65 bits per heavy atom. The Morgan fingerprint density at radius 1 is 1.19 bits per heavy atom. The number of esters is 1. The standard InChI is InChI=1S/C23H27F2NO5/c1-2-29-21(27)7-3-4-11-30-22-19(24)14-16(15-20(22)25)18-6-5-10-26-23(18)31-17-8-12-28-13-9-17/h5-6,10,14-15,17H,2-4,7-9,11-13H2,1H3. The number of carbonyl (C=O) groups excluding carboxylic acids is 1. The Balaban J connectivity index is 1.64. The molecule has 1 aliphatic rings. The molecule has 0 amide bonds. The topological polar surface area (TPSA) is 66.9 Å². The van der Waals surface area contributed by atoms with Crippen LogP contribution in [-0.4, -0.2) is 43.5 Å². The molecule has 1 saturated heterocycles. The third-order valence-electron chi connectivity index (χ3n) is 4.85. The second-order valence-corrected chi connectivity index (χ2v) is 7.17. The van der Waals surface area contributed by atoms with Crippen molar-refractivity contribution in [1.29, 1.82) is 0 Å². The van der Waals surface area contributed by atoms with Gasteiger partial charge in [0.15, 0.2) is 17.4 Å². The molecule has 6 nitrogen and oxygen atoms in total. The molecule has 0 atom stereocenters. The lowest BCUT2D eigenvalue weighted by molar-refractivity contribution is -0.143. The van der Waals surface area contributed by atoms with Gasteiger partial charge in [0.05, 0.1) is 26.4 Å². The normalized spacial score (nSPS) is 14.3. The number of halogens is 2. The van der Waals surface area contributed by atoms with Crippen LogP contribution in [0.15, 0.2) is 30.5 Å². The van der Waals surface area contributed by atoms with Crippen LogP contribution in [0.25, 0.3) is 11.1 Å². The highest BCUT2D eigenvalue weighted by Gasteiger charge is 2.20. The van der Waals surface area contributed by atoms with Crippen LogP contribution in [0.4, 0.5) is 8.78 Å². The van der Waals surface area contributed by atoms with Gasteiger partial charge >= 0.3 is 5.97 Å². The molecule has 0 spiro atoms. The van der Waals surface area contributed by atoms with Crippen molar-refractivity contribution in [2.75, 3.05) is 26.4 Å². The summed E-state index contributed by atoms with van der Waals surface area (Å²) in [6.45, 7) is 3.39. The maximum absolute atomic E-state index is 14.6. The monoisotopic (exact) mass is 435 g/mol. The van der Waals surface area contributed by atoms with E-state index in [-0.39, 0.29) is 25.1 Å². The Labute approximate surface area is 180 Å². The van der Waals surface area contributed by atoms with Gasteiger partial charge in [-0.3, -0.25) is 4.79 Å². The molecule has 168 valence electrons. The van der Waals surface area contributed by atoms with E-state index in [2.05, 4.69) is 4.98 Å². The minimum Gasteiger partial charge on any atom is -0.488 e. The molecule has 1 aromatic heterocycles. The molecule has 0 N–H and O–H groups in total. The van der Waals surface area contributed by atoms with E-state index in [9.17, 15) is 13.6 Å². The summed E-state index contributed by atoms with van der Waals surface area (Å²) in [4.78, 5) is 15.6. The van der Waals surface area contributed by atoms with Gasteiger partial charge in [0.1, 0.15) is 6.10 Å². The smallest absolute Gasteiger partial charge is 0.305 e. The van der Waals surface area contributed by atoms with E-state index < -0.39 is 17.4 Å². The summed E-state index contributed by atoms with van der Waals surface area (Å²) in [5, 5.41) is 0. The minimum atomic E-state index is -0.804. The van der Waals surface area contributed by atoms with E-state index in [0.717, 1.165) is 12.8 Å². The van der Waals surface area contributed by atoms with Crippen molar-refractivity contribution in [3.05, 3.63) is 42.1 Å². The van der Waals surface area contributed by atoms with Crippen LogP contribution in [0.2, 0.25) is 0 Å². The Morgan fingerprint density at radius 2 is 1.94 bits per heavy atom. The fourth-order valence-electron chi connectivity index (χ4n) is 3.29. The number of hydrogen-bond donors (Lipinski definition) is 0. The van der Waals surface area contributed by atoms with Crippen molar-refractivity contribution < 1.29 is 32.5 Å². The van der Waals surface area contributed by atoms with Crippen LogP contribution >= 0.6 is 0 Å². The summed E-state index contributed by atoms with van der Waals surface area (Å²) < 4.78 is 50.6. The zero-order valence-electron chi connectivity index (χ0n) is 17.6. The van der Waals surface area contributed by atoms with Gasteiger partial charge in [-0.25, -0.2) is 13.8 Å². The number of unbranched alkanes of at least 4 members (excludes halogenated alkanes) is 1. The average Bonchev–Trinajstić information content (AvgIpc) is 2.76. The average molecular weight is 435 g/mol. The predicted octanol–water partition coefficient (Wildman–Crippen LogP) is 4.70. The fourth-order valence-corrected chi connectivity index (χ4v) is 3.29. The quantitative estimate of drug-likeness (QED) is 0.398. The number of pyridine rings is 1. The first-order valence-corrected chi connectivity index (χ1v) is 10.6. The van der Waals surface area contributed by atoms with Crippen molar-refractivity contribution in [2.45, 2.75) is 45.1 Å². The van der Waals surface area contributed by atoms with Crippen LogP contribution in [-0.2, 0) is 14.3 Å². The van der Waals surface area contributed by atoms with Crippen molar-refractivity contribution in [3.63, 3.8) is 0 Å². The molecular formula is C23H27F2NO5. The van der Waals surface area contributed by atoms with Gasteiger partial charge in [0.2, 0.25) is 5.88 Å². The molecule has 0 radical (unpaired) electrons. The molecule has 1 fully saturated rings. The summed E-state index contributed by atoms with van der Waals surface area (Å²) in [5.74, 6) is -2.00. The largest absolute Gasteiger partial charge is 0.488 e. The van der Waals surface area contributed by atoms with Crippen molar-refractivity contribution >= 4 is 5.97 Å². The van der Waals surface area contributed by atoms with Gasteiger partial charge < -0.3 is 18.9 Å². The molecule has 1 aromatic carbocycles. The van der Waals surface area contributed by atoms with Gasteiger partial charge in [0, 0.05) is 31.0 Å². The Bertz CT molecular complexity index is 848. The number of rotatable bonds is 10.